The molecule has 7 heteroatoms. The van der Waals surface area contributed by atoms with Gasteiger partial charge in [0.15, 0.2) is 11.5 Å². The highest BCUT2D eigenvalue weighted by molar-refractivity contribution is 7.09. The van der Waals surface area contributed by atoms with Gasteiger partial charge in [0.05, 0.1) is 21.3 Å². The molecular formula is C19H24N2O4S. The van der Waals surface area contributed by atoms with Crippen molar-refractivity contribution in [3.8, 4) is 17.2 Å². The maximum Gasteiger partial charge on any atom is 0.254 e. The van der Waals surface area contributed by atoms with E-state index < -0.39 is 0 Å². The second-order valence-corrected chi connectivity index (χ2v) is 7.09. The average molecular weight is 376 g/mol. The van der Waals surface area contributed by atoms with Crippen molar-refractivity contribution in [1.29, 1.82) is 0 Å². The Balaban J connectivity index is 1.68. The molecule has 1 saturated heterocycles. The van der Waals surface area contributed by atoms with Crippen LogP contribution in [0.3, 0.4) is 0 Å². The highest BCUT2D eigenvalue weighted by Crippen LogP contribution is 2.38. The van der Waals surface area contributed by atoms with Crippen molar-refractivity contribution >= 4 is 17.2 Å². The molecule has 0 unspecified atom stereocenters. The van der Waals surface area contributed by atoms with Crippen LogP contribution < -0.4 is 14.2 Å². The third-order valence-electron chi connectivity index (χ3n) is 4.53. The van der Waals surface area contributed by atoms with Crippen LogP contribution in [0.25, 0.3) is 0 Å². The molecule has 26 heavy (non-hydrogen) atoms. The van der Waals surface area contributed by atoms with E-state index in [1.165, 1.54) is 4.88 Å². The Morgan fingerprint density at radius 2 is 1.69 bits per heavy atom. The van der Waals surface area contributed by atoms with Gasteiger partial charge in [0, 0.05) is 43.2 Å². The Hall–Kier alpha value is -2.25. The van der Waals surface area contributed by atoms with Gasteiger partial charge >= 0.3 is 0 Å². The Bertz CT molecular complexity index is 715. The first kappa shape index (κ1) is 18.5. The Labute approximate surface area is 157 Å². The lowest BCUT2D eigenvalue weighted by Gasteiger charge is -2.34. The van der Waals surface area contributed by atoms with Crippen LogP contribution in [-0.4, -0.2) is 63.2 Å². The van der Waals surface area contributed by atoms with Crippen molar-refractivity contribution in [2.24, 2.45) is 0 Å². The van der Waals surface area contributed by atoms with E-state index in [2.05, 4.69) is 22.4 Å². The van der Waals surface area contributed by atoms with E-state index in [1.807, 2.05) is 4.90 Å². The number of thiophene rings is 1. The minimum atomic E-state index is -0.0139. The second kappa shape index (κ2) is 8.42. The fourth-order valence-corrected chi connectivity index (χ4v) is 3.87. The highest BCUT2D eigenvalue weighted by Gasteiger charge is 2.24. The van der Waals surface area contributed by atoms with Gasteiger partial charge in [-0.25, -0.2) is 0 Å². The molecule has 0 aliphatic carbocycles. The summed E-state index contributed by atoms with van der Waals surface area (Å²) in [6.45, 7) is 4.10. The summed E-state index contributed by atoms with van der Waals surface area (Å²) in [5, 5.41) is 2.10. The zero-order chi connectivity index (χ0) is 18.5. The SMILES string of the molecule is COc1cc(C(=O)N2CCN(Cc3cccs3)CC2)cc(OC)c1OC. The lowest BCUT2D eigenvalue weighted by Crippen LogP contribution is -2.48. The first-order valence-electron chi connectivity index (χ1n) is 8.50. The Morgan fingerprint density at radius 3 is 2.19 bits per heavy atom. The van der Waals surface area contributed by atoms with Crippen LogP contribution in [0, 0.1) is 0 Å². The van der Waals surface area contributed by atoms with Crippen LogP contribution in [0.4, 0.5) is 0 Å². The predicted molar refractivity (Wildman–Crippen MR) is 102 cm³/mol. The number of hydrogen-bond donors (Lipinski definition) is 0. The molecule has 0 bridgehead atoms. The summed E-state index contributed by atoms with van der Waals surface area (Å²) >= 11 is 1.77. The van der Waals surface area contributed by atoms with E-state index in [0.29, 0.717) is 35.9 Å². The predicted octanol–water partition coefficient (Wildman–Crippen LogP) is 2.73. The maximum absolute atomic E-state index is 12.9. The minimum absolute atomic E-state index is 0.0139. The molecule has 1 aromatic carbocycles. The van der Waals surface area contributed by atoms with Gasteiger partial charge in [-0.05, 0) is 23.6 Å². The van der Waals surface area contributed by atoms with Crippen LogP contribution in [0.2, 0.25) is 0 Å². The monoisotopic (exact) mass is 376 g/mol. The lowest BCUT2D eigenvalue weighted by molar-refractivity contribution is 0.0629. The molecular weight excluding hydrogens is 352 g/mol. The van der Waals surface area contributed by atoms with Crippen molar-refractivity contribution in [2.45, 2.75) is 6.54 Å². The van der Waals surface area contributed by atoms with Crippen LogP contribution in [-0.2, 0) is 6.54 Å². The summed E-state index contributed by atoms with van der Waals surface area (Å²) in [6, 6.07) is 7.64. The van der Waals surface area contributed by atoms with E-state index in [0.717, 1.165) is 19.6 Å². The zero-order valence-electron chi connectivity index (χ0n) is 15.4. The number of amides is 1. The number of carbonyl (C=O) groups excluding carboxylic acids is 1. The molecule has 1 fully saturated rings. The van der Waals surface area contributed by atoms with Crippen LogP contribution in [0.1, 0.15) is 15.2 Å². The molecule has 3 rings (SSSR count). The number of nitrogens with zero attached hydrogens (tertiary/aromatic N) is 2. The van der Waals surface area contributed by atoms with Crippen molar-refractivity contribution in [3.05, 3.63) is 40.1 Å². The fraction of sp³-hybridized carbons (Fsp3) is 0.421. The van der Waals surface area contributed by atoms with Gasteiger partial charge in [0.2, 0.25) is 5.75 Å². The van der Waals surface area contributed by atoms with E-state index >= 15 is 0 Å². The van der Waals surface area contributed by atoms with E-state index in [4.69, 9.17) is 14.2 Å². The van der Waals surface area contributed by atoms with E-state index in [1.54, 1.807) is 44.8 Å². The summed E-state index contributed by atoms with van der Waals surface area (Å²) < 4.78 is 16.0. The molecule has 2 heterocycles. The minimum Gasteiger partial charge on any atom is -0.493 e. The molecule has 140 valence electrons. The molecule has 0 atom stereocenters. The summed E-state index contributed by atoms with van der Waals surface area (Å²) in [4.78, 5) is 18.5. The van der Waals surface area contributed by atoms with Gasteiger partial charge in [0.25, 0.3) is 5.91 Å². The smallest absolute Gasteiger partial charge is 0.254 e. The topological polar surface area (TPSA) is 51.2 Å². The van der Waals surface area contributed by atoms with Crippen LogP contribution in [0.15, 0.2) is 29.6 Å². The van der Waals surface area contributed by atoms with Gasteiger partial charge in [-0.2, -0.15) is 0 Å². The third-order valence-corrected chi connectivity index (χ3v) is 5.39. The molecule has 0 N–H and O–H groups in total. The molecule has 6 nitrogen and oxygen atoms in total. The van der Waals surface area contributed by atoms with Crippen molar-refractivity contribution in [3.63, 3.8) is 0 Å². The fourth-order valence-electron chi connectivity index (χ4n) is 3.12. The molecule has 0 saturated carbocycles. The lowest BCUT2D eigenvalue weighted by atomic mass is 10.1. The van der Waals surface area contributed by atoms with Crippen LogP contribution in [0.5, 0.6) is 17.2 Å². The first-order chi connectivity index (χ1) is 12.7. The maximum atomic E-state index is 12.9. The van der Waals surface area contributed by atoms with Gasteiger partial charge in [-0.1, -0.05) is 6.07 Å². The van der Waals surface area contributed by atoms with E-state index in [9.17, 15) is 4.79 Å². The van der Waals surface area contributed by atoms with Gasteiger partial charge in [-0.15, -0.1) is 11.3 Å². The van der Waals surface area contributed by atoms with E-state index in [-0.39, 0.29) is 5.91 Å². The second-order valence-electron chi connectivity index (χ2n) is 6.06. The van der Waals surface area contributed by atoms with Gasteiger partial charge < -0.3 is 19.1 Å². The Kier molecular flexibility index (Phi) is 6.00. The van der Waals surface area contributed by atoms with Crippen molar-refractivity contribution in [1.82, 2.24) is 9.80 Å². The molecule has 2 aromatic rings. The number of benzene rings is 1. The number of methoxy groups -OCH3 is 3. The zero-order valence-corrected chi connectivity index (χ0v) is 16.2. The molecule has 1 amide bonds. The number of hydrogen-bond acceptors (Lipinski definition) is 6. The van der Waals surface area contributed by atoms with Gasteiger partial charge in [-0.3, -0.25) is 9.69 Å². The molecule has 0 spiro atoms. The van der Waals surface area contributed by atoms with Crippen LogP contribution >= 0.6 is 11.3 Å². The standard InChI is InChI=1S/C19H24N2O4S/c1-23-16-11-14(12-17(24-2)18(16)25-3)19(22)21-8-6-20(7-9-21)13-15-5-4-10-26-15/h4-5,10-12H,6-9,13H2,1-3H3. The normalized spacial score (nSPS) is 15.0. The average Bonchev–Trinajstić information content (AvgIpc) is 3.19. The highest BCUT2D eigenvalue weighted by atomic mass is 32.1. The molecule has 1 aliphatic rings. The third kappa shape index (κ3) is 3.94. The summed E-state index contributed by atoms with van der Waals surface area (Å²) in [7, 11) is 4.65. The van der Waals surface area contributed by atoms with Crippen molar-refractivity contribution < 1.29 is 19.0 Å². The number of carbonyl (C=O) groups is 1. The van der Waals surface area contributed by atoms with Gasteiger partial charge in [0.1, 0.15) is 0 Å². The number of rotatable bonds is 6. The number of piperazine rings is 1. The summed E-state index contributed by atoms with van der Waals surface area (Å²) in [5.41, 5.74) is 0.547. The Morgan fingerprint density at radius 1 is 1.04 bits per heavy atom. The molecule has 1 aromatic heterocycles. The summed E-state index contributed by atoms with van der Waals surface area (Å²) in [6.07, 6.45) is 0. The number of ether oxygens (including phenoxy) is 3. The first-order valence-corrected chi connectivity index (χ1v) is 9.38. The molecule has 1 aliphatic heterocycles. The largest absolute Gasteiger partial charge is 0.493 e. The summed E-state index contributed by atoms with van der Waals surface area (Å²) in [5.74, 6) is 1.46. The quantitative estimate of drug-likeness (QED) is 0.776. The molecule has 0 radical (unpaired) electrons. The van der Waals surface area contributed by atoms with Crippen molar-refractivity contribution in [2.75, 3.05) is 47.5 Å².